The van der Waals surface area contributed by atoms with Crippen molar-refractivity contribution in [3.05, 3.63) is 0 Å². The van der Waals surface area contributed by atoms with E-state index in [9.17, 15) is 4.79 Å². The summed E-state index contributed by atoms with van der Waals surface area (Å²) in [5.41, 5.74) is -0.572. The van der Waals surface area contributed by atoms with Gasteiger partial charge in [-0.25, -0.2) is 0 Å². The predicted octanol–water partition coefficient (Wildman–Crippen LogP) is 1.34. The maximum atomic E-state index is 12.9. The molecular formula is C17H33N3O2. The second-order valence-corrected chi connectivity index (χ2v) is 6.67. The Morgan fingerprint density at radius 2 is 1.82 bits per heavy atom. The van der Waals surface area contributed by atoms with E-state index in [2.05, 4.69) is 24.1 Å². The molecule has 5 nitrogen and oxygen atoms in total. The van der Waals surface area contributed by atoms with Gasteiger partial charge < -0.3 is 19.9 Å². The van der Waals surface area contributed by atoms with Gasteiger partial charge in [-0.3, -0.25) is 4.79 Å². The monoisotopic (exact) mass is 311 g/mol. The van der Waals surface area contributed by atoms with Crippen LogP contribution in [0, 0.1) is 5.92 Å². The Hall–Kier alpha value is -0.650. The zero-order valence-corrected chi connectivity index (χ0v) is 14.6. The fourth-order valence-electron chi connectivity index (χ4n) is 3.79. The quantitative estimate of drug-likeness (QED) is 0.804. The second kappa shape index (κ2) is 8.27. The van der Waals surface area contributed by atoms with Gasteiger partial charge in [0.25, 0.3) is 5.91 Å². The number of nitrogens with one attached hydrogen (secondary N) is 1. The van der Waals surface area contributed by atoms with Crippen molar-refractivity contribution in [1.82, 2.24) is 15.1 Å². The van der Waals surface area contributed by atoms with Gasteiger partial charge in [-0.1, -0.05) is 13.8 Å². The molecule has 0 atom stereocenters. The Balaban J connectivity index is 1.86. The number of ether oxygens (including phenoxy) is 1. The molecule has 2 rings (SSSR count). The average molecular weight is 311 g/mol. The summed E-state index contributed by atoms with van der Waals surface area (Å²) in [6.45, 7) is 11.4. The highest BCUT2D eigenvalue weighted by Gasteiger charge is 2.43. The van der Waals surface area contributed by atoms with Crippen molar-refractivity contribution in [3.63, 3.8) is 0 Å². The lowest BCUT2D eigenvalue weighted by Gasteiger charge is -2.41. The number of hydrogen-bond donors (Lipinski definition) is 1. The smallest absolute Gasteiger partial charge is 0.254 e. The molecule has 1 amide bonds. The first-order chi connectivity index (χ1) is 10.6. The van der Waals surface area contributed by atoms with Crippen LogP contribution in [0.4, 0.5) is 0 Å². The maximum Gasteiger partial charge on any atom is 0.254 e. The lowest BCUT2D eigenvalue weighted by molar-refractivity contribution is -0.159. The van der Waals surface area contributed by atoms with Crippen LogP contribution in [0.5, 0.6) is 0 Å². The van der Waals surface area contributed by atoms with Crippen LogP contribution in [0.15, 0.2) is 0 Å². The molecule has 0 bridgehead atoms. The Morgan fingerprint density at radius 1 is 1.23 bits per heavy atom. The third-order valence-electron chi connectivity index (χ3n) is 5.50. The largest absolute Gasteiger partial charge is 0.368 e. The molecule has 0 aromatic heterocycles. The first-order valence-electron chi connectivity index (χ1n) is 8.92. The van der Waals surface area contributed by atoms with Crippen LogP contribution in [0.3, 0.4) is 0 Å². The molecule has 2 fully saturated rings. The third-order valence-corrected chi connectivity index (χ3v) is 5.50. The SMILES string of the molecule is CCN(CC)CC1CCN(C(=O)C2(OC)CCNCC2)CC1. The molecule has 128 valence electrons. The fourth-order valence-corrected chi connectivity index (χ4v) is 3.79. The van der Waals surface area contributed by atoms with Crippen LogP contribution in [0.1, 0.15) is 39.5 Å². The maximum absolute atomic E-state index is 12.9. The summed E-state index contributed by atoms with van der Waals surface area (Å²) >= 11 is 0. The topological polar surface area (TPSA) is 44.8 Å². The molecule has 0 radical (unpaired) electrons. The summed E-state index contributed by atoms with van der Waals surface area (Å²) in [7, 11) is 1.69. The van der Waals surface area contributed by atoms with Crippen LogP contribution in [-0.2, 0) is 9.53 Å². The number of amides is 1. The van der Waals surface area contributed by atoms with E-state index in [4.69, 9.17) is 4.74 Å². The van der Waals surface area contributed by atoms with E-state index in [0.29, 0.717) is 0 Å². The molecule has 2 aliphatic rings. The van der Waals surface area contributed by atoms with Crippen LogP contribution >= 0.6 is 0 Å². The molecule has 22 heavy (non-hydrogen) atoms. The number of likely N-dealkylation sites (tertiary alicyclic amines) is 1. The molecule has 0 aromatic carbocycles. The highest BCUT2D eigenvalue weighted by atomic mass is 16.5. The van der Waals surface area contributed by atoms with Gasteiger partial charge in [0.15, 0.2) is 0 Å². The van der Waals surface area contributed by atoms with Crippen molar-refractivity contribution in [1.29, 1.82) is 0 Å². The van der Waals surface area contributed by atoms with Crippen LogP contribution < -0.4 is 5.32 Å². The molecule has 0 aromatic rings. The fraction of sp³-hybridized carbons (Fsp3) is 0.941. The van der Waals surface area contributed by atoms with Gasteiger partial charge >= 0.3 is 0 Å². The van der Waals surface area contributed by atoms with Crippen molar-refractivity contribution in [3.8, 4) is 0 Å². The van der Waals surface area contributed by atoms with Crippen LogP contribution in [0.25, 0.3) is 0 Å². The Labute approximate surface area is 135 Å². The first kappa shape index (κ1) is 17.7. The van der Waals surface area contributed by atoms with Gasteiger partial charge in [0, 0.05) is 26.7 Å². The number of methoxy groups -OCH3 is 1. The molecule has 0 saturated carbocycles. The Kier molecular flexibility index (Phi) is 6.66. The van der Waals surface area contributed by atoms with Gasteiger partial charge in [-0.05, 0) is 57.8 Å². The minimum atomic E-state index is -0.572. The van der Waals surface area contributed by atoms with Gasteiger partial charge in [-0.15, -0.1) is 0 Å². The number of hydrogen-bond acceptors (Lipinski definition) is 4. The Morgan fingerprint density at radius 3 is 2.32 bits per heavy atom. The molecular weight excluding hydrogens is 278 g/mol. The minimum Gasteiger partial charge on any atom is -0.368 e. The highest BCUT2D eigenvalue weighted by Crippen LogP contribution is 2.28. The number of nitrogens with zero attached hydrogens (tertiary/aromatic N) is 2. The average Bonchev–Trinajstić information content (AvgIpc) is 2.60. The van der Waals surface area contributed by atoms with Crippen molar-refractivity contribution >= 4 is 5.91 Å². The predicted molar refractivity (Wildman–Crippen MR) is 88.9 cm³/mol. The van der Waals surface area contributed by atoms with E-state index >= 15 is 0 Å². The zero-order valence-electron chi connectivity index (χ0n) is 14.6. The van der Waals surface area contributed by atoms with E-state index in [1.807, 2.05) is 4.90 Å². The van der Waals surface area contributed by atoms with E-state index < -0.39 is 5.60 Å². The molecule has 0 aliphatic carbocycles. The summed E-state index contributed by atoms with van der Waals surface area (Å²) in [5.74, 6) is 0.952. The molecule has 2 saturated heterocycles. The van der Waals surface area contributed by atoms with Gasteiger partial charge in [0.2, 0.25) is 0 Å². The van der Waals surface area contributed by atoms with E-state index in [0.717, 1.165) is 70.9 Å². The number of piperidine rings is 2. The van der Waals surface area contributed by atoms with E-state index in [1.54, 1.807) is 7.11 Å². The van der Waals surface area contributed by atoms with Crippen molar-refractivity contribution in [2.75, 3.05) is 52.9 Å². The Bertz CT molecular complexity index is 344. The summed E-state index contributed by atoms with van der Waals surface area (Å²) in [6.07, 6.45) is 3.84. The standard InChI is InChI=1S/C17H33N3O2/c1-4-19(5-2)14-15-6-12-20(13-7-15)16(21)17(22-3)8-10-18-11-9-17/h15,18H,4-14H2,1-3H3. The molecule has 1 N–H and O–H groups in total. The van der Waals surface area contributed by atoms with Gasteiger partial charge in [-0.2, -0.15) is 0 Å². The molecule has 0 spiro atoms. The van der Waals surface area contributed by atoms with Crippen LogP contribution in [-0.4, -0.2) is 74.2 Å². The first-order valence-corrected chi connectivity index (χ1v) is 8.92. The summed E-state index contributed by atoms with van der Waals surface area (Å²) in [5, 5.41) is 3.32. The van der Waals surface area contributed by atoms with Crippen molar-refractivity contribution in [2.24, 2.45) is 5.92 Å². The van der Waals surface area contributed by atoms with E-state index in [1.165, 1.54) is 6.54 Å². The normalized spacial score (nSPS) is 23.0. The summed E-state index contributed by atoms with van der Waals surface area (Å²) < 4.78 is 5.68. The molecule has 2 aliphatic heterocycles. The van der Waals surface area contributed by atoms with E-state index in [-0.39, 0.29) is 5.91 Å². The van der Waals surface area contributed by atoms with Gasteiger partial charge in [0.1, 0.15) is 5.60 Å². The summed E-state index contributed by atoms with van der Waals surface area (Å²) in [4.78, 5) is 17.5. The zero-order chi connectivity index (χ0) is 16.0. The van der Waals surface area contributed by atoms with Crippen molar-refractivity contribution in [2.45, 2.75) is 45.1 Å². The molecule has 5 heteroatoms. The highest BCUT2D eigenvalue weighted by molar-refractivity contribution is 5.85. The minimum absolute atomic E-state index is 0.220. The lowest BCUT2D eigenvalue weighted by Crippen LogP contribution is -2.57. The van der Waals surface area contributed by atoms with Crippen LogP contribution in [0.2, 0.25) is 0 Å². The third kappa shape index (κ3) is 4.00. The molecule has 0 unspecified atom stereocenters. The second-order valence-electron chi connectivity index (χ2n) is 6.67. The number of carbonyl (C=O) groups is 1. The number of rotatable bonds is 6. The number of carbonyl (C=O) groups excluding carboxylic acids is 1. The molecule has 2 heterocycles. The van der Waals surface area contributed by atoms with Crippen molar-refractivity contribution < 1.29 is 9.53 Å². The van der Waals surface area contributed by atoms with Gasteiger partial charge in [0.05, 0.1) is 0 Å². The lowest BCUT2D eigenvalue weighted by atomic mass is 9.88. The summed E-state index contributed by atoms with van der Waals surface area (Å²) in [6, 6.07) is 0.